The highest BCUT2D eigenvalue weighted by atomic mass is 31.1. The van der Waals surface area contributed by atoms with Crippen molar-refractivity contribution in [3.05, 3.63) is 33.1 Å². The quantitative estimate of drug-likeness (QED) is 0.288. The van der Waals surface area contributed by atoms with E-state index in [0.717, 1.165) is 16.8 Å². The summed E-state index contributed by atoms with van der Waals surface area (Å²) in [5.41, 5.74) is -1.57. The van der Waals surface area contributed by atoms with Crippen LogP contribution < -0.4 is 11.2 Å². The number of aromatic amines is 1. The molecule has 6 atom stereocenters. The zero-order chi connectivity index (χ0) is 15.7. The highest BCUT2D eigenvalue weighted by Crippen LogP contribution is 2.32. The molecule has 11 nitrogen and oxygen atoms in total. The van der Waals surface area contributed by atoms with Gasteiger partial charge < -0.3 is 20.1 Å². The number of H-pyrrole nitrogens is 1. The van der Waals surface area contributed by atoms with Crippen molar-refractivity contribution in [2.24, 2.45) is 0 Å². The van der Waals surface area contributed by atoms with Crippen molar-refractivity contribution in [2.45, 2.75) is 30.8 Å². The smallest absolute Gasteiger partial charge is 0.387 e. The molecule has 0 radical (unpaired) electrons. The van der Waals surface area contributed by atoms with Crippen LogP contribution in [0.5, 0.6) is 0 Å². The number of aliphatic hydroxyl groups excluding tert-OH is 3. The molecule has 2 rings (SSSR count). The van der Waals surface area contributed by atoms with Crippen LogP contribution in [0.2, 0.25) is 0 Å². The molecule has 0 aliphatic carbocycles. The molecule has 1 aliphatic heterocycles. The minimum Gasteiger partial charge on any atom is -0.387 e. The molecule has 1 aromatic heterocycles. The maximum absolute atomic E-state index is 11.6. The Kier molecular flexibility index (Phi) is 4.64. The van der Waals surface area contributed by atoms with E-state index in [2.05, 4.69) is 4.52 Å². The largest absolute Gasteiger partial charge is 0.697 e. The van der Waals surface area contributed by atoms with Gasteiger partial charge >= 0.3 is 13.9 Å². The van der Waals surface area contributed by atoms with Crippen LogP contribution in [0, 0.1) is 0 Å². The van der Waals surface area contributed by atoms with Gasteiger partial charge in [-0.2, -0.15) is 0 Å². The van der Waals surface area contributed by atoms with Crippen molar-refractivity contribution in [1.82, 2.24) is 9.55 Å². The third-order valence-electron chi connectivity index (χ3n) is 2.88. The van der Waals surface area contributed by atoms with Crippen molar-refractivity contribution in [1.29, 1.82) is 0 Å². The van der Waals surface area contributed by atoms with Crippen LogP contribution in [0.25, 0.3) is 0 Å². The number of hydrogen-bond donors (Lipinski definition) is 5. The molecule has 0 saturated carbocycles. The summed E-state index contributed by atoms with van der Waals surface area (Å²) in [6, 6.07) is 0.995. The van der Waals surface area contributed by atoms with Crippen molar-refractivity contribution in [3.8, 4) is 0 Å². The van der Waals surface area contributed by atoms with Gasteiger partial charge in [-0.05, 0) is 0 Å². The first-order chi connectivity index (χ1) is 9.81. The lowest BCUT2D eigenvalue weighted by Crippen LogP contribution is -2.39. The fraction of sp³-hybridized carbons (Fsp3) is 0.556. The fourth-order valence-electron chi connectivity index (χ4n) is 1.93. The summed E-state index contributed by atoms with van der Waals surface area (Å²) in [6.07, 6.45) is -7.25. The Hall–Kier alpha value is -1.46. The molecular formula is C9H12N2O9P+. The van der Waals surface area contributed by atoms with Gasteiger partial charge in [-0.1, -0.05) is 4.52 Å². The van der Waals surface area contributed by atoms with Crippen LogP contribution in [-0.2, 0) is 13.8 Å². The Morgan fingerprint density at radius 3 is 2.62 bits per heavy atom. The second kappa shape index (κ2) is 6.12. The van der Waals surface area contributed by atoms with E-state index < -0.39 is 50.3 Å². The van der Waals surface area contributed by atoms with Gasteiger partial charge in [0, 0.05) is 16.8 Å². The van der Waals surface area contributed by atoms with Crippen LogP contribution >= 0.6 is 8.25 Å². The summed E-state index contributed by atoms with van der Waals surface area (Å²) in [4.78, 5) is 33.0. The number of rotatable bonds is 4. The van der Waals surface area contributed by atoms with Crippen LogP contribution in [0.15, 0.2) is 21.9 Å². The molecule has 116 valence electrons. The lowest BCUT2D eigenvalue weighted by molar-refractivity contribution is -0.155. The predicted molar refractivity (Wildman–Crippen MR) is 64.2 cm³/mol. The predicted octanol–water partition coefficient (Wildman–Crippen LogP) is -2.86. The van der Waals surface area contributed by atoms with E-state index in [4.69, 9.17) is 9.63 Å². The molecule has 0 spiro atoms. The number of aromatic nitrogens is 2. The third-order valence-corrected chi connectivity index (χ3v) is 3.28. The van der Waals surface area contributed by atoms with Crippen LogP contribution in [0.1, 0.15) is 6.23 Å². The molecule has 21 heavy (non-hydrogen) atoms. The van der Waals surface area contributed by atoms with Gasteiger partial charge in [0.05, 0.1) is 0 Å². The van der Waals surface area contributed by atoms with Crippen molar-refractivity contribution in [3.63, 3.8) is 0 Å². The second-order valence-corrected chi connectivity index (χ2v) is 4.91. The summed E-state index contributed by atoms with van der Waals surface area (Å²) in [5, 5.41) is 29.0. The molecule has 1 aliphatic rings. The van der Waals surface area contributed by atoms with Gasteiger partial charge in [0.1, 0.15) is 18.3 Å². The molecule has 5 N–H and O–H groups in total. The molecular weight excluding hydrogens is 311 g/mol. The lowest BCUT2D eigenvalue weighted by Gasteiger charge is -2.16. The van der Waals surface area contributed by atoms with Crippen LogP contribution in [-0.4, -0.2) is 54.4 Å². The van der Waals surface area contributed by atoms with E-state index in [1.807, 2.05) is 4.98 Å². The third kappa shape index (κ3) is 3.24. The molecule has 0 aromatic carbocycles. The van der Waals surface area contributed by atoms with Crippen LogP contribution in [0.3, 0.4) is 0 Å². The minimum absolute atomic E-state index is 0.665. The first kappa shape index (κ1) is 15.9. The SMILES string of the molecule is O=c1ccn([C@@H]2O[C@H](C(O)O[P+](=O)O)[C@@H](O)[C@H]2O)c(=O)[nH]1. The number of nitrogens with zero attached hydrogens (tertiary/aromatic N) is 1. The fourth-order valence-corrected chi connectivity index (χ4v) is 2.24. The van der Waals surface area contributed by atoms with E-state index in [1.165, 1.54) is 0 Å². The topological polar surface area (TPSA) is 171 Å². The average Bonchev–Trinajstić information content (AvgIpc) is 2.66. The number of aliphatic hydroxyl groups is 3. The Balaban J connectivity index is 2.25. The van der Waals surface area contributed by atoms with E-state index in [-0.39, 0.29) is 0 Å². The Labute approximate surface area is 117 Å². The van der Waals surface area contributed by atoms with Gasteiger partial charge in [-0.25, -0.2) is 4.79 Å². The normalized spacial score (nSPS) is 31.1. The van der Waals surface area contributed by atoms with Gasteiger partial charge in [0.2, 0.25) is 6.29 Å². The van der Waals surface area contributed by atoms with Crippen LogP contribution in [0.4, 0.5) is 0 Å². The summed E-state index contributed by atoms with van der Waals surface area (Å²) in [6.45, 7) is 0. The zero-order valence-corrected chi connectivity index (χ0v) is 11.2. The number of hydrogen-bond acceptors (Lipinski definition) is 8. The van der Waals surface area contributed by atoms with E-state index in [9.17, 15) is 29.5 Å². The molecule has 12 heteroatoms. The average molecular weight is 323 g/mol. The molecule has 2 unspecified atom stereocenters. The first-order valence-electron chi connectivity index (χ1n) is 5.65. The van der Waals surface area contributed by atoms with Crippen molar-refractivity contribution in [2.75, 3.05) is 0 Å². The van der Waals surface area contributed by atoms with Crippen molar-refractivity contribution >= 4 is 8.25 Å². The van der Waals surface area contributed by atoms with E-state index >= 15 is 0 Å². The number of ether oxygens (including phenoxy) is 1. The molecule has 1 fully saturated rings. The van der Waals surface area contributed by atoms with E-state index in [0.29, 0.717) is 0 Å². The van der Waals surface area contributed by atoms with Gasteiger partial charge in [0.25, 0.3) is 5.56 Å². The summed E-state index contributed by atoms with van der Waals surface area (Å²) < 4.78 is 20.5. The lowest BCUT2D eigenvalue weighted by atomic mass is 10.1. The number of nitrogens with one attached hydrogen (secondary N) is 1. The molecule has 1 saturated heterocycles. The second-order valence-electron chi connectivity index (χ2n) is 4.22. The molecule has 1 aromatic rings. The maximum atomic E-state index is 11.6. The van der Waals surface area contributed by atoms with Gasteiger partial charge in [-0.3, -0.25) is 14.3 Å². The Bertz CT molecular complexity index is 643. The highest BCUT2D eigenvalue weighted by molar-refractivity contribution is 7.32. The van der Waals surface area contributed by atoms with Gasteiger partial charge in [0.15, 0.2) is 6.23 Å². The summed E-state index contributed by atoms with van der Waals surface area (Å²) in [5.74, 6) is 0. The standard InChI is InChI=1S/C9H11N2O9P/c12-3-1-2-11(9(16)10-3)7-5(14)4(13)6(19-7)8(15)20-21(17)18/h1-2,4-8,13-15H,(H-,10,12,16,17,18)/p+1/t4-,5+,6-,7+,8?/m0/s1. The molecule has 2 heterocycles. The summed E-state index contributed by atoms with van der Waals surface area (Å²) in [7, 11) is -3.16. The molecule has 0 amide bonds. The Morgan fingerprint density at radius 1 is 1.38 bits per heavy atom. The molecule has 0 bridgehead atoms. The zero-order valence-electron chi connectivity index (χ0n) is 10.3. The van der Waals surface area contributed by atoms with E-state index in [1.54, 1.807) is 0 Å². The monoisotopic (exact) mass is 323 g/mol. The highest BCUT2D eigenvalue weighted by Gasteiger charge is 2.49. The maximum Gasteiger partial charge on any atom is 0.697 e. The minimum atomic E-state index is -3.16. The van der Waals surface area contributed by atoms with Gasteiger partial charge in [-0.15, -0.1) is 4.89 Å². The Morgan fingerprint density at radius 2 is 2.05 bits per heavy atom. The summed E-state index contributed by atoms with van der Waals surface area (Å²) >= 11 is 0. The van der Waals surface area contributed by atoms with Crippen molar-refractivity contribution < 1.29 is 34.0 Å². The first-order valence-corrected chi connectivity index (χ1v) is 6.78.